The van der Waals surface area contributed by atoms with E-state index in [4.69, 9.17) is 9.84 Å². The Labute approximate surface area is 91.9 Å². The first-order valence-corrected chi connectivity index (χ1v) is 5.55. The monoisotopic (exact) mass is 220 g/mol. The lowest BCUT2D eigenvalue weighted by atomic mass is 10.0. The van der Waals surface area contributed by atoms with Crippen molar-refractivity contribution in [1.82, 2.24) is 0 Å². The van der Waals surface area contributed by atoms with Crippen molar-refractivity contribution in [2.45, 2.75) is 45.3 Å². The molecule has 0 saturated carbocycles. The van der Waals surface area contributed by atoms with Gasteiger partial charge >= 0.3 is 0 Å². The Morgan fingerprint density at radius 2 is 1.93 bits per heavy atom. The second-order valence-corrected chi connectivity index (χ2v) is 4.28. The molecule has 0 radical (unpaired) electrons. The molecule has 3 N–H and O–H groups in total. The van der Waals surface area contributed by atoms with Crippen LogP contribution in [0.2, 0.25) is 0 Å². The molecular formula is C11H24O4. The number of ether oxygens (including phenoxy) is 1. The van der Waals surface area contributed by atoms with Crippen molar-refractivity contribution in [3.05, 3.63) is 0 Å². The summed E-state index contributed by atoms with van der Waals surface area (Å²) in [6, 6.07) is 0. The maximum Gasteiger partial charge on any atom is 0.0849 e. The molecule has 0 bridgehead atoms. The van der Waals surface area contributed by atoms with Crippen molar-refractivity contribution in [3.8, 4) is 0 Å². The molecule has 0 aliphatic rings. The summed E-state index contributed by atoms with van der Waals surface area (Å²) in [6.07, 6.45) is 0.643. The van der Waals surface area contributed by atoms with Crippen LogP contribution in [0.4, 0.5) is 0 Å². The second kappa shape index (κ2) is 7.17. The molecule has 0 aromatic heterocycles. The zero-order valence-electron chi connectivity index (χ0n) is 9.94. The van der Waals surface area contributed by atoms with Gasteiger partial charge in [-0.05, 0) is 19.8 Å². The normalized spacial score (nSPS) is 19.6. The minimum Gasteiger partial charge on any atom is -0.394 e. The SMILES string of the molecule is CCC(COCC(C)(O)CC)C(O)CO. The van der Waals surface area contributed by atoms with Crippen LogP contribution < -0.4 is 0 Å². The standard InChI is InChI=1S/C11H24O4/c1-4-9(10(13)6-12)7-15-8-11(3,14)5-2/h9-10,12-14H,4-8H2,1-3H3. The summed E-state index contributed by atoms with van der Waals surface area (Å²) in [5.74, 6) is -0.0670. The summed E-state index contributed by atoms with van der Waals surface area (Å²) in [6.45, 7) is 5.93. The van der Waals surface area contributed by atoms with Gasteiger partial charge in [-0.2, -0.15) is 0 Å². The van der Waals surface area contributed by atoms with Gasteiger partial charge in [0.25, 0.3) is 0 Å². The van der Waals surface area contributed by atoms with Gasteiger partial charge in [0.2, 0.25) is 0 Å². The van der Waals surface area contributed by atoms with E-state index < -0.39 is 11.7 Å². The lowest BCUT2D eigenvalue weighted by molar-refractivity contribution is -0.0629. The minimum atomic E-state index is -0.803. The molecule has 92 valence electrons. The molecule has 0 rings (SSSR count). The Kier molecular flexibility index (Phi) is 7.09. The molecule has 15 heavy (non-hydrogen) atoms. The fourth-order valence-electron chi connectivity index (χ4n) is 1.18. The van der Waals surface area contributed by atoms with Crippen LogP contribution in [-0.4, -0.2) is 46.8 Å². The lowest BCUT2D eigenvalue weighted by Gasteiger charge is -2.24. The summed E-state index contributed by atoms with van der Waals surface area (Å²) < 4.78 is 5.34. The zero-order chi connectivity index (χ0) is 11.9. The Balaban J connectivity index is 3.82. The smallest absolute Gasteiger partial charge is 0.0849 e. The molecule has 0 aromatic carbocycles. The first-order chi connectivity index (χ1) is 6.96. The van der Waals surface area contributed by atoms with E-state index in [1.54, 1.807) is 6.92 Å². The van der Waals surface area contributed by atoms with E-state index in [1.807, 2.05) is 13.8 Å². The third kappa shape index (κ3) is 6.10. The number of aliphatic hydroxyl groups is 3. The summed E-state index contributed by atoms with van der Waals surface area (Å²) in [5, 5.41) is 27.9. The Morgan fingerprint density at radius 1 is 1.33 bits per heavy atom. The Hall–Kier alpha value is -0.160. The minimum absolute atomic E-state index is 0.0670. The van der Waals surface area contributed by atoms with Crippen molar-refractivity contribution in [2.24, 2.45) is 5.92 Å². The van der Waals surface area contributed by atoms with Crippen LogP contribution in [-0.2, 0) is 4.74 Å². The van der Waals surface area contributed by atoms with Gasteiger partial charge < -0.3 is 20.1 Å². The zero-order valence-corrected chi connectivity index (χ0v) is 9.94. The van der Waals surface area contributed by atoms with E-state index in [0.29, 0.717) is 13.0 Å². The topological polar surface area (TPSA) is 69.9 Å². The molecule has 4 nitrogen and oxygen atoms in total. The molecule has 0 fully saturated rings. The third-order valence-electron chi connectivity index (χ3n) is 2.76. The molecule has 0 amide bonds. The van der Waals surface area contributed by atoms with E-state index in [0.717, 1.165) is 6.42 Å². The van der Waals surface area contributed by atoms with Crippen LogP contribution in [0.25, 0.3) is 0 Å². The quantitative estimate of drug-likeness (QED) is 0.558. The van der Waals surface area contributed by atoms with Crippen molar-refractivity contribution < 1.29 is 20.1 Å². The first kappa shape index (κ1) is 14.8. The Bertz CT molecular complexity index is 159. The molecule has 0 aromatic rings. The van der Waals surface area contributed by atoms with Crippen molar-refractivity contribution in [2.75, 3.05) is 19.8 Å². The van der Waals surface area contributed by atoms with Crippen LogP contribution in [0.3, 0.4) is 0 Å². The van der Waals surface area contributed by atoms with Crippen LogP contribution in [0.1, 0.15) is 33.6 Å². The molecule has 0 aliphatic heterocycles. The van der Waals surface area contributed by atoms with Crippen LogP contribution >= 0.6 is 0 Å². The van der Waals surface area contributed by atoms with Crippen molar-refractivity contribution >= 4 is 0 Å². The van der Waals surface area contributed by atoms with Gasteiger partial charge in [-0.25, -0.2) is 0 Å². The fourth-order valence-corrected chi connectivity index (χ4v) is 1.18. The summed E-state index contributed by atoms with van der Waals surface area (Å²) >= 11 is 0. The van der Waals surface area contributed by atoms with Gasteiger partial charge in [-0.15, -0.1) is 0 Å². The number of rotatable bonds is 8. The largest absolute Gasteiger partial charge is 0.394 e. The maximum absolute atomic E-state index is 9.67. The average Bonchev–Trinajstić information content (AvgIpc) is 2.23. The summed E-state index contributed by atoms with van der Waals surface area (Å²) in [7, 11) is 0. The predicted octanol–water partition coefficient (Wildman–Crippen LogP) is 0.543. The number of aliphatic hydroxyl groups excluding tert-OH is 2. The molecular weight excluding hydrogens is 196 g/mol. The van der Waals surface area contributed by atoms with Gasteiger partial charge in [0.1, 0.15) is 0 Å². The second-order valence-electron chi connectivity index (χ2n) is 4.28. The maximum atomic E-state index is 9.67. The summed E-state index contributed by atoms with van der Waals surface area (Å²) in [5.41, 5.74) is -0.803. The number of hydrogen-bond donors (Lipinski definition) is 3. The highest BCUT2D eigenvalue weighted by Crippen LogP contribution is 2.13. The Morgan fingerprint density at radius 3 is 2.33 bits per heavy atom. The highest BCUT2D eigenvalue weighted by Gasteiger charge is 2.21. The van der Waals surface area contributed by atoms with Crippen LogP contribution in [0.15, 0.2) is 0 Å². The molecule has 3 atom stereocenters. The molecule has 0 aliphatic carbocycles. The lowest BCUT2D eigenvalue weighted by Crippen LogP contribution is -2.33. The molecule has 0 saturated heterocycles. The van der Waals surface area contributed by atoms with Gasteiger partial charge in [-0.3, -0.25) is 0 Å². The van der Waals surface area contributed by atoms with E-state index >= 15 is 0 Å². The molecule has 4 heteroatoms. The molecule has 0 spiro atoms. The summed E-state index contributed by atoms with van der Waals surface area (Å²) in [4.78, 5) is 0. The molecule has 0 heterocycles. The van der Waals surface area contributed by atoms with E-state index in [1.165, 1.54) is 0 Å². The number of hydrogen-bond acceptors (Lipinski definition) is 4. The highest BCUT2D eigenvalue weighted by atomic mass is 16.5. The van der Waals surface area contributed by atoms with Crippen molar-refractivity contribution in [1.29, 1.82) is 0 Å². The first-order valence-electron chi connectivity index (χ1n) is 5.55. The predicted molar refractivity (Wildman–Crippen MR) is 58.6 cm³/mol. The van der Waals surface area contributed by atoms with E-state index in [-0.39, 0.29) is 19.1 Å². The molecule has 3 unspecified atom stereocenters. The van der Waals surface area contributed by atoms with E-state index in [9.17, 15) is 10.2 Å². The van der Waals surface area contributed by atoms with Gasteiger partial charge in [0.15, 0.2) is 0 Å². The average molecular weight is 220 g/mol. The third-order valence-corrected chi connectivity index (χ3v) is 2.76. The van der Waals surface area contributed by atoms with Gasteiger partial charge in [0, 0.05) is 5.92 Å². The van der Waals surface area contributed by atoms with Crippen LogP contribution in [0, 0.1) is 5.92 Å². The highest BCUT2D eigenvalue weighted by molar-refractivity contribution is 4.71. The van der Waals surface area contributed by atoms with E-state index in [2.05, 4.69) is 0 Å². The van der Waals surface area contributed by atoms with Gasteiger partial charge in [-0.1, -0.05) is 13.8 Å². The fraction of sp³-hybridized carbons (Fsp3) is 1.00. The van der Waals surface area contributed by atoms with Crippen molar-refractivity contribution in [3.63, 3.8) is 0 Å². The van der Waals surface area contributed by atoms with Gasteiger partial charge in [0.05, 0.1) is 31.5 Å². The van der Waals surface area contributed by atoms with Crippen LogP contribution in [0.5, 0.6) is 0 Å².